The standard InChI is InChI=1S/C25H29N5O/c1-3-14-26-23-21-11-7-8-12-22(21)27-28-24(23)25(31)29-15-13-19(2)30(17-16-29)18-20-9-5-4-6-10-20/h3-12,19H,1,13-18H2,2H3,(H,26,27). The summed E-state index contributed by atoms with van der Waals surface area (Å²) in [5.41, 5.74) is 3.17. The lowest BCUT2D eigenvalue weighted by molar-refractivity contribution is 0.0755. The molecule has 6 nitrogen and oxygen atoms in total. The highest BCUT2D eigenvalue weighted by Gasteiger charge is 2.27. The van der Waals surface area contributed by atoms with E-state index in [1.165, 1.54) is 5.56 Å². The van der Waals surface area contributed by atoms with Crippen molar-refractivity contribution in [3.05, 3.63) is 78.5 Å². The average Bonchev–Trinajstić information content (AvgIpc) is 2.99. The third-order valence-electron chi connectivity index (χ3n) is 5.91. The Kier molecular flexibility index (Phi) is 6.57. The molecule has 0 radical (unpaired) electrons. The summed E-state index contributed by atoms with van der Waals surface area (Å²) in [4.78, 5) is 17.9. The fourth-order valence-corrected chi connectivity index (χ4v) is 4.07. The lowest BCUT2D eigenvalue weighted by Gasteiger charge is -2.26. The van der Waals surface area contributed by atoms with Gasteiger partial charge in [0.1, 0.15) is 0 Å². The van der Waals surface area contributed by atoms with Crippen molar-refractivity contribution in [1.29, 1.82) is 0 Å². The second kappa shape index (κ2) is 9.71. The van der Waals surface area contributed by atoms with E-state index in [2.05, 4.69) is 58.2 Å². The quantitative estimate of drug-likeness (QED) is 0.618. The monoisotopic (exact) mass is 415 g/mol. The number of nitrogens with one attached hydrogen (secondary N) is 1. The molecule has 1 unspecified atom stereocenters. The van der Waals surface area contributed by atoms with Gasteiger partial charge in [-0.2, -0.15) is 0 Å². The van der Waals surface area contributed by atoms with Gasteiger partial charge in [-0.05, 0) is 25.0 Å². The normalized spacial score (nSPS) is 17.3. The molecule has 1 aliphatic heterocycles. The van der Waals surface area contributed by atoms with Gasteiger partial charge < -0.3 is 10.2 Å². The van der Waals surface area contributed by atoms with Crippen LogP contribution in [0.15, 0.2) is 67.3 Å². The van der Waals surface area contributed by atoms with E-state index < -0.39 is 0 Å². The van der Waals surface area contributed by atoms with Gasteiger partial charge >= 0.3 is 0 Å². The second-order valence-electron chi connectivity index (χ2n) is 8.00. The first-order valence-corrected chi connectivity index (χ1v) is 10.8. The van der Waals surface area contributed by atoms with Crippen LogP contribution >= 0.6 is 0 Å². The van der Waals surface area contributed by atoms with Crippen LogP contribution in [0.25, 0.3) is 10.9 Å². The van der Waals surface area contributed by atoms with Crippen LogP contribution in [-0.2, 0) is 6.54 Å². The molecule has 1 N–H and O–H groups in total. The van der Waals surface area contributed by atoms with Crippen molar-refractivity contribution >= 4 is 22.5 Å². The first-order chi connectivity index (χ1) is 15.2. The summed E-state index contributed by atoms with van der Waals surface area (Å²) < 4.78 is 0. The van der Waals surface area contributed by atoms with Crippen LogP contribution < -0.4 is 5.32 Å². The molecule has 6 heteroatoms. The number of anilines is 1. The Bertz CT molecular complexity index is 1050. The maximum absolute atomic E-state index is 13.5. The number of amides is 1. The molecule has 1 aliphatic rings. The molecule has 2 heterocycles. The van der Waals surface area contributed by atoms with Gasteiger partial charge in [0.15, 0.2) is 5.69 Å². The highest BCUT2D eigenvalue weighted by Crippen LogP contribution is 2.26. The van der Waals surface area contributed by atoms with Gasteiger partial charge in [-0.25, -0.2) is 0 Å². The topological polar surface area (TPSA) is 61.4 Å². The molecule has 1 aromatic heterocycles. The summed E-state index contributed by atoms with van der Waals surface area (Å²) in [6.07, 6.45) is 2.70. The number of carbonyl (C=O) groups is 1. The minimum absolute atomic E-state index is 0.0708. The Morgan fingerprint density at radius 2 is 1.87 bits per heavy atom. The number of nitrogens with zero attached hydrogens (tertiary/aromatic N) is 4. The van der Waals surface area contributed by atoms with Crippen LogP contribution in [0.1, 0.15) is 29.4 Å². The van der Waals surface area contributed by atoms with Gasteiger partial charge in [-0.3, -0.25) is 9.69 Å². The van der Waals surface area contributed by atoms with Crippen molar-refractivity contribution in [1.82, 2.24) is 20.0 Å². The van der Waals surface area contributed by atoms with Crippen molar-refractivity contribution in [2.24, 2.45) is 0 Å². The highest BCUT2D eigenvalue weighted by atomic mass is 16.2. The summed E-state index contributed by atoms with van der Waals surface area (Å²) in [6.45, 7) is 9.68. The van der Waals surface area contributed by atoms with Crippen LogP contribution in [0.5, 0.6) is 0 Å². The SMILES string of the molecule is C=CCNc1c(C(=O)N2CCC(C)N(Cc3ccccc3)CC2)nnc2ccccc12. The van der Waals surface area contributed by atoms with Gasteiger partial charge in [0.25, 0.3) is 5.91 Å². The van der Waals surface area contributed by atoms with Crippen LogP contribution in [-0.4, -0.2) is 58.1 Å². The third-order valence-corrected chi connectivity index (χ3v) is 5.91. The first-order valence-electron chi connectivity index (χ1n) is 10.8. The molecule has 0 aliphatic carbocycles. The number of aromatic nitrogens is 2. The smallest absolute Gasteiger partial charge is 0.276 e. The van der Waals surface area contributed by atoms with E-state index in [1.807, 2.05) is 35.2 Å². The maximum atomic E-state index is 13.5. The third kappa shape index (κ3) is 4.75. The Labute approximate surface area is 183 Å². The van der Waals surface area contributed by atoms with Crippen molar-refractivity contribution in [3.8, 4) is 0 Å². The number of carbonyl (C=O) groups excluding carboxylic acids is 1. The summed E-state index contributed by atoms with van der Waals surface area (Å²) in [7, 11) is 0. The summed E-state index contributed by atoms with van der Waals surface area (Å²) in [5, 5.41) is 12.8. The molecule has 0 spiro atoms. The Balaban J connectivity index is 1.55. The van der Waals surface area contributed by atoms with Crippen molar-refractivity contribution in [2.45, 2.75) is 25.9 Å². The molecule has 31 heavy (non-hydrogen) atoms. The van der Waals surface area contributed by atoms with Gasteiger partial charge in [0.05, 0.1) is 11.2 Å². The minimum Gasteiger partial charge on any atom is -0.379 e. The molecule has 3 aromatic rings. The van der Waals surface area contributed by atoms with Crippen molar-refractivity contribution < 1.29 is 4.79 Å². The number of benzene rings is 2. The molecular formula is C25H29N5O. The zero-order valence-electron chi connectivity index (χ0n) is 18.0. The van der Waals surface area contributed by atoms with Crippen LogP contribution in [0.2, 0.25) is 0 Å². The van der Waals surface area contributed by atoms with E-state index in [1.54, 1.807) is 6.08 Å². The fraction of sp³-hybridized carbons (Fsp3) is 0.320. The first kappa shape index (κ1) is 21.0. The van der Waals surface area contributed by atoms with E-state index >= 15 is 0 Å². The van der Waals surface area contributed by atoms with E-state index in [0.29, 0.717) is 31.4 Å². The van der Waals surface area contributed by atoms with Gasteiger partial charge in [-0.1, -0.05) is 54.6 Å². The molecule has 4 rings (SSSR count). The maximum Gasteiger partial charge on any atom is 0.276 e. The van der Waals surface area contributed by atoms with E-state index in [-0.39, 0.29) is 5.91 Å². The molecule has 0 bridgehead atoms. The van der Waals surface area contributed by atoms with Crippen molar-refractivity contribution in [2.75, 3.05) is 31.5 Å². The van der Waals surface area contributed by atoms with Gasteiger partial charge in [0.2, 0.25) is 0 Å². The zero-order valence-corrected chi connectivity index (χ0v) is 18.0. The molecule has 2 aromatic carbocycles. The van der Waals surface area contributed by atoms with E-state index in [0.717, 1.165) is 36.1 Å². The molecule has 1 fully saturated rings. The number of rotatable bonds is 6. The van der Waals surface area contributed by atoms with E-state index in [4.69, 9.17) is 0 Å². The molecule has 160 valence electrons. The predicted octanol–water partition coefficient (Wildman–Crippen LogP) is 3.96. The van der Waals surface area contributed by atoms with Crippen LogP contribution in [0.4, 0.5) is 5.69 Å². The molecule has 1 atom stereocenters. The predicted molar refractivity (Wildman–Crippen MR) is 125 cm³/mol. The zero-order chi connectivity index (χ0) is 21.6. The fourth-order valence-electron chi connectivity index (χ4n) is 4.07. The van der Waals surface area contributed by atoms with Gasteiger partial charge in [0, 0.05) is 44.2 Å². The highest BCUT2D eigenvalue weighted by molar-refractivity contribution is 6.05. The number of hydrogen-bond acceptors (Lipinski definition) is 5. The molecular weight excluding hydrogens is 386 g/mol. The van der Waals surface area contributed by atoms with Crippen LogP contribution in [0, 0.1) is 0 Å². The molecule has 0 saturated carbocycles. The Morgan fingerprint density at radius 1 is 1.10 bits per heavy atom. The lowest BCUT2D eigenvalue weighted by atomic mass is 10.1. The Morgan fingerprint density at radius 3 is 2.68 bits per heavy atom. The average molecular weight is 416 g/mol. The largest absolute Gasteiger partial charge is 0.379 e. The number of fused-ring (bicyclic) bond motifs is 1. The van der Waals surface area contributed by atoms with Crippen molar-refractivity contribution in [3.63, 3.8) is 0 Å². The minimum atomic E-state index is -0.0708. The number of hydrogen-bond donors (Lipinski definition) is 1. The lowest BCUT2D eigenvalue weighted by Crippen LogP contribution is -2.36. The van der Waals surface area contributed by atoms with E-state index in [9.17, 15) is 4.79 Å². The summed E-state index contributed by atoms with van der Waals surface area (Å²) >= 11 is 0. The second-order valence-corrected chi connectivity index (χ2v) is 8.00. The Hall–Kier alpha value is -3.25. The molecule has 1 saturated heterocycles. The van der Waals surface area contributed by atoms with Crippen LogP contribution in [0.3, 0.4) is 0 Å². The molecule has 1 amide bonds. The summed E-state index contributed by atoms with van der Waals surface area (Å²) in [5.74, 6) is -0.0708. The van der Waals surface area contributed by atoms with Gasteiger partial charge in [-0.15, -0.1) is 16.8 Å². The summed E-state index contributed by atoms with van der Waals surface area (Å²) in [6, 6.07) is 18.7.